The van der Waals surface area contributed by atoms with Crippen LogP contribution in [-0.4, -0.2) is 21.6 Å². The lowest BCUT2D eigenvalue weighted by Gasteiger charge is -2.40. The first kappa shape index (κ1) is 22.2. The Labute approximate surface area is 185 Å². The van der Waals surface area contributed by atoms with E-state index in [1.807, 2.05) is 23.5 Å². The number of nitrogens with one attached hydrogen (secondary N) is 2. The fraction of sp³-hybridized carbons (Fsp3) is 0.417. The highest BCUT2D eigenvalue weighted by Gasteiger charge is 2.38. The van der Waals surface area contributed by atoms with Crippen LogP contribution in [0.2, 0.25) is 0 Å². The zero-order chi connectivity index (χ0) is 23.1. The minimum Gasteiger partial charge on any atom is -0.326 e. The van der Waals surface area contributed by atoms with Gasteiger partial charge in [-0.3, -0.25) is 4.79 Å². The van der Waals surface area contributed by atoms with Crippen molar-refractivity contribution < 1.29 is 18.0 Å². The molecule has 1 aliphatic rings. The fourth-order valence-corrected chi connectivity index (χ4v) is 4.96. The SMILES string of the molecule is C[C@H]1C[C@@H](n2c(Nc3ccc(NC(=O)C(F)(F)F)cc3)nc3ccccc32)CC(C)(C)C1. The van der Waals surface area contributed by atoms with Crippen LogP contribution in [0.4, 0.5) is 30.5 Å². The van der Waals surface area contributed by atoms with Gasteiger partial charge < -0.3 is 15.2 Å². The van der Waals surface area contributed by atoms with E-state index >= 15 is 0 Å². The lowest BCUT2D eigenvalue weighted by Crippen LogP contribution is -2.30. The monoisotopic (exact) mass is 444 g/mol. The third-order valence-corrected chi connectivity index (χ3v) is 5.98. The number of fused-ring (bicyclic) bond motifs is 1. The number of hydrogen-bond acceptors (Lipinski definition) is 3. The molecule has 2 aromatic carbocycles. The molecule has 0 radical (unpaired) electrons. The van der Waals surface area contributed by atoms with E-state index in [1.54, 1.807) is 12.1 Å². The average molecular weight is 445 g/mol. The summed E-state index contributed by atoms with van der Waals surface area (Å²) in [7, 11) is 0. The van der Waals surface area contributed by atoms with Crippen molar-refractivity contribution in [2.45, 2.75) is 52.3 Å². The van der Waals surface area contributed by atoms with Crippen molar-refractivity contribution in [3.63, 3.8) is 0 Å². The first-order valence-electron chi connectivity index (χ1n) is 10.7. The van der Waals surface area contributed by atoms with Crippen LogP contribution < -0.4 is 10.6 Å². The van der Waals surface area contributed by atoms with Gasteiger partial charge in [-0.05, 0) is 67.0 Å². The van der Waals surface area contributed by atoms with Gasteiger partial charge in [-0.2, -0.15) is 13.2 Å². The van der Waals surface area contributed by atoms with Crippen LogP contribution in [0.15, 0.2) is 48.5 Å². The Hall–Kier alpha value is -3.03. The predicted molar refractivity (Wildman–Crippen MR) is 120 cm³/mol. The van der Waals surface area contributed by atoms with Gasteiger partial charge in [0.15, 0.2) is 0 Å². The molecule has 0 spiro atoms. The third-order valence-electron chi connectivity index (χ3n) is 5.98. The van der Waals surface area contributed by atoms with Crippen LogP contribution >= 0.6 is 0 Å². The van der Waals surface area contributed by atoms with Crippen LogP contribution in [-0.2, 0) is 4.79 Å². The van der Waals surface area contributed by atoms with Crippen LogP contribution in [0, 0.1) is 11.3 Å². The van der Waals surface area contributed by atoms with Gasteiger partial charge >= 0.3 is 12.1 Å². The number of imidazole rings is 1. The molecule has 4 rings (SSSR count). The van der Waals surface area contributed by atoms with Gasteiger partial charge in [0.1, 0.15) is 0 Å². The van der Waals surface area contributed by atoms with Gasteiger partial charge in [-0.15, -0.1) is 0 Å². The molecule has 5 nitrogen and oxygen atoms in total. The van der Waals surface area contributed by atoms with Gasteiger partial charge in [-0.1, -0.05) is 32.9 Å². The minimum absolute atomic E-state index is 0.0780. The van der Waals surface area contributed by atoms with Crippen molar-refractivity contribution >= 4 is 34.3 Å². The van der Waals surface area contributed by atoms with Gasteiger partial charge in [-0.25, -0.2) is 4.98 Å². The smallest absolute Gasteiger partial charge is 0.326 e. The zero-order valence-electron chi connectivity index (χ0n) is 18.3. The number of rotatable bonds is 4. The van der Waals surface area contributed by atoms with Gasteiger partial charge in [0.05, 0.1) is 11.0 Å². The fourth-order valence-electron chi connectivity index (χ4n) is 4.96. The number of nitrogens with zero attached hydrogens (tertiary/aromatic N) is 2. The first-order chi connectivity index (χ1) is 15.0. The summed E-state index contributed by atoms with van der Waals surface area (Å²) in [6.07, 6.45) is -1.65. The van der Waals surface area contributed by atoms with E-state index in [0.717, 1.165) is 23.9 Å². The average Bonchev–Trinajstić information content (AvgIpc) is 3.05. The molecule has 8 heteroatoms. The maximum atomic E-state index is 12.5. The van der Waals surface area contributed by atoms with Crippen molar-refractivity contribution in [3.8, 4) is 0 Å². The third kappa shape index (κ3) is 4.74. The molecule has 0 unspecified atom stereocenters. The number of alkyl halides is 3. The minimum atomic E-state index is -4.92. The Bertz CT molecular complexity index is 1120. The van der Waals surface area contributed by atoms with Crippen molar-refractivity contribution in [2.24, 2.45) is 11.3 Å². The molecule has 1 fully saturated rings. The number of para-hydroxylation sites is 2. The number of hydrogen-bond donors (Lipinski definition) is 2. The van der Waals surface area contributed by atoms with E-state index < -0.39 is 12.1 Å². The van der Waals surface area contributed by atoms with E-state index in [-0.39, 0.29) is 17.1 Å². The number of carbonyl (C=O) groups excluding carboxylic acids is 1. The predicted octanol–water partition coefficient (Wildman–Crippen LogP) is 6.67. The highest BCUT2D eigenvalue weighted by Crippen LogP contribution is 2.46. The summed E-state index contributed by atoms with van der Waals surface area (Å²) in [4.78, 5) is 15.9. The van der Waals surface area contributed by atoms with Crippen molar-refractivity contribution in [1.29, 1.82) is 0 Å². The highest BCUT2D eigenvalue weighted by atomic mass is 19.4. The van der Waals surface area contributed by atoms with Crippen LogP contribution in [0.3, 0.4) is 0 Å². The Morgan fingerprint density at radius 3 is 2.38 bits per heavy atom. The first-order valence-corrected chi connectivity index (χ1v) is 10.7. The number of benzene rings is 2. The molecule has 2 N–H and O–H groups in total. The van der Waals surface area contributed by atoms with Crippen LogP contribution in [0.25, 0.3) is 11.0 Å². The second-order valence-corrected chi connectivity index (χ2v) is 9.52. The second-order valence-electron chi connectivity index (χ2n) is 9.52. The summed E-state index contributed by atoms with van der Waals surface area (Å²) in [6.45, 7) is 6.89. The molecule has 3 aromatic rings. The lowest BCUT2D eigenvalue weighted by molar-refractivity contribution is -0.167. The number of carbonyl (C=O) groups is 1. The van der Waals surface area contributed by atoms with Crippen LogP contribution in [0.5, 0.6) is 0 Å². The van der Waals surface area contributed by atoms with Crippen molar-refractivity contribution in [3.05, 3.63) is 48.5 Å². The van der Waals surface area contributed by atoms with Crippen LogP contribution in [0.1, 0.15) is 46.1 Å². The molecular formula is C24H27F3N4O. The quantitative estimate of drug-likeness (QED) is 0.473. The summed E-state index contributed by atoms with van der Waals surface area (Å²) in [5.41, 5.74) is 2.92. The number of amides is 1. The number of halogens is 3. The molecule has 1 saturated carbocycles. The number of aromatic nitrogens is 2. The summed E-state index contributed by atoms with van der Waals surface area (Å²) >= 11 is 0. The molecule has 1 aliphatic carbocycles. The maximum absolute atomic E-state index is 12.5. The van der Waals surface area contributed by atoms with Crippen molar-refractivity contribution in [1.82, 2.24) is 9.55 Å². The Morgan fingerprint density at radius 1 is 1.06 bits per heavy atom. The van der Waals surface area contributed by atoms with E-state index in [4.69, 9.17) is 4.98 Å². The zero-order valence-corrected chi connectivity index (χ0v) is 18.3. The van der Waals surface area contributed by atoms with E-state index in [9.17, 15) is 18.0 Å². The molecule has 170 valence electrons. The molecule has 0 bridgehead atoms. The van der Waals surface area contributed by atoms with Gasteiger partial charge in [0.25, 0.3) is 0 Å². The Kier molecular flexibility index (Phi) is 5.65. The van der Waals surface area contributed by atoms with Gasteiger partial charge in [0.2, 0.25) is 5.95 Å². The van der Waals surface area contributed by atoms with E-state index in [0.29, 0.717) is 17.6 Å². The molecular weight excluding hydrogens is 417 g/mol. The largest absolute Gasteiger partial charge is 0.471 e. The summed E-state index contributed by atoms with van der Waals surface area (Å²) in [5, 5.41) is 5.19. The van der Waals surface area contributed by atoms with Crippen molar-refractivity contribution in [2.75, 3.05) is 10.6 Å². The van der Waals surface area contributed by atoms with Gasteiger partial charge in [0, 0.05) is 17.4 Å². The molecule has 1 aromatic heterocycles. The Morgan fingerprint density at radius 2 is 1.72 bits per heavy atom. The Balaban J connectivity index is 1.62. The topological polar surface area (TPSA) is 59.0 Å². The second kappa shape index (κ2) is 8.15. The molecule has 32 heavy (non-hydrogen) atoms. The van der Waals surface area contributed by atoms with E-state index in [1.165, 1.54) is 18.6 Å². The molecule has 2 atom stereocenters. The summed E-state index contributed by atoms with van der Waals surface area (Å²) in [5.74, 6) is -0.698. The number of anilines is 3. The molecule has 0 aliphatic heterocycles. The molecule has 0 saturated heterocycles. The summed E-state index contributed by atoms with van der Waals surface area (Å²) in [6, 6.07) is 14.4. The standard InChI is InChI=1S/C24H27F3N4O/c1-15-12-18(14-23(2,3)13-15)31-20-7-5-4-6-19(20)30-22(31)29-17-10-8-16(9-11-17)28-21(32)24(25,26)27/h4-11,15,18H,12-14H2,1-3H3,(H,28,32)(H,29,30)/t15-,18+/m0/s1. The lowest BCUT2D eigenvalue weighted by atomic mass is 9.70. The summed E-state index contributed by atoms with van der Waals surface area (Å²) < 4.78 is 39.7. The normalized spacial score (nSPS) is 20.8. The molecule has 1 amide bonds. The van der Waals surface area contributed by atoms with E-state index in [2.05, 4.69) is 36.7 Å². The maximum Gasteiger partial charge on any atom is 0.471 e. The highest BCUT2D eigenvalue weighted by molar-refractivity contribution is 5.95. The molecule has 1 heterocycles.